The average Bonchev–Trinajstić information content (AvgIpc) is 2.45. The standard InChI is InChI=1S/C17H20N2OS/c1-17(2)12-19(3)15-9-14(10-18-16(15)20-17)21-11-13-7-5-4-6-8-13/h4-10H,11-12H2,1-3H3. The van der Waals surface area contributed by atoms with Gasteiger partial charge in [0.15, 0.2) is 0 Å². The van der Waals surface area contributed by atoms with E-state index >= 15 is 0 Å². The third kappa shape index (κ3) is 3.32. The van der Waals surface area contributed by atoms with E-state index in [2.05, 4.69) is 61.1 Å². The van der Waals surface area contributed by atoms with E-state index in [9.17, 15) is 0 Å². The Morgan fingerprint density at radius 1 is 1.29 bits per heavy atom. The molecular formula is C17H20N2OS. The number of thioether (sulfide) groups is 1. The van der Waals surface area contributed by atoms with E-state index in [0.717, 1.165) is 23.9 Å². The van der Waals surface area contributed by atoms with Crippen LogP contribution in [-0.2, 0) is 5.75 Å². The molecule has 0 aliphatic carbocycles. The smallest absolute Gasteiger partial charge is 0.238 e. The van der Waals surface area contributed by atoms with Crippen molar-refractivity contribution in [2.45, 2.75) is 30.1 Å². The predicted octanol–water partition coefficient (Wildman–Crippen LogP) is 3.98. The number of pyridine rings is 1. The Morgan fingerprint density at radius 2 is 2.05 bits per heavy atom. The molecule has 4 heteroatoms. The van der Waals surface area contributed by atoms with Crippen molar-refractivity contribution in [1.29, 1.82) is 0 Å². The van der Waals surface area contributed by atoms with Gasteiger partial charge in [-0.2, -0.15) is 0 Å². The summed E-state index contributed by atoms with van der Waals surface area (Å²) in [5.41, 5.74) is 2.21. The Balaban J connectivity index is 1.76. The number of rotatable bonds is 3. The Morgan fingerprint density at radius 3 is 2.81 bits per heavy atom. The number of benzene rings is 1. The first-order valence-electron chi connectivity index (χ1n) is 7.10. The largest absolute Gasteiger partial charge is 0.468 e. The van der Waals surface area contributed by atoms with E-state index in [1.54, 1.807) is 11.8 Å². The number of likely N-dealkylation sites (N-methyl/N-ethyl adjacent to an activating group) is 1. The molecule has 1 aliphatic rings. The first kappa shape index (κ1) is 14.3. The van der Waals surface area contributed by atoms with Gasteiger partial charge in [-0.15, -0.1) is 11.8 Å². The van der Waals surface area contributed by atoms with Gasteiger partial charge in [0, 0.05) is 23.9 Å². The molecule has 0 fully saturated rings. The van der Waals surface area contributed by atoms with Gasteiger partial charge in [0.1, 0.15) is 11.3 Å². The lowest BCUT2D eigenvalue weighted by atomic mass is 10.1. The quantitative estimate of drug-likeness (QED) is 0.801. The lowest BCUT2D eigenvalue weighted by Gasteiger charge is -2.38. The average molecular weight is 300 g/mol. The van der Waals surface area contributed by atoms with Gasteiger partial charge in [0.2, 0.25) is 5.88 Å². The van der Waals surface area contributed by atoms with Crippen molar-refractivity contribution in [3.8, 4) is 5.88 Å². The molecule has 1 aromatic carbocycles. The van der Waals surface area contributed by atoms with Crippen LogP contribution >= 0.6 is 11.8 Å². The fraction of sp³-hybridized carbons (Fsp3) is 0.353. The zero-order valence-corrected chi connectivity index (χ0v) is 13.5. The number of nitrogens with zero attached hydrogens (tertiary/aromatic N) is 2. The third-order valence-corrected chi connectivity index (χ3v) is 4.49. The summed E-state index contributed by atoms with van der Waals surface area (Å²) in [4.78, 5) is 7.89. The summed E-state index contributed by atoms with van der Waals surface area (Å²) in [7, 11) is 2.09. The molecule has 0 saturated carbocycles. The van der Waals surface area contributed by atoms with Crippen LogP contribution in [0.1, 0.15) is 19.4 Å². The van der Waals surface area contributed by atoms with Crippen LogP contribution in [0.4, 0.5) is 5.69 Å². The van der Waals surface area contributed by atoms with Gasteiger partial charge in [0.05, 0.1) is 6.54 Å². The minimum atomic E-state index is -0.187. The van der Waals surface area contributed by atoms with E-state index in [0.29, 0.717) is 0 Å². The second-order valence-electron chi connectivity index (χ2n) is 5.99. The molecule has 2 aromatic rings. The lowest BCUT2D eigenvalue weighted by molar-refractivity contribution is 0.100. The summed E-state index contributed by atoms with van der Waals surface area (Å²) in [5, 5.41) is 0. The van der Waals surface area contributed by atoms with Crippen molar-refractivity contribution in [1.82, 2.24) is 4.98 Å². The van der Waals surface area contributed by atoms with E-state index in [1.165, 1.54) is 10.5 Å². The second kappa shape index (κ2) is 5.60. The second-order valence-corrected chi connectivity index (χ2v) is 7.04. The van der Waals surface area contributed by atoms with Gasteiger partial charge in [0.25, 0.3) is 0 Å². The van der Waals surface area contributed by atoms with Crippen LogP contribution in [-0.4, -0.2) is 24.2 Å². The molecule has 0 radical (unpaired) electrons. The van der Waals surface area contributed by atoms with Crippen LogP contribution in [0.2, 0.25) is 0 Å². The lowest BCUT2D eigenvalue weighted by Crippen LogP contribution is -2.45. The van der Waals surface area contributed by atoms with E-state index < -0.39 is 0 Å². The van der Waals surface area contributed by atoms with Crippen LogP contribution in [0.3, 0.4) is 0 Å². The van der Waals surface area contributed by atoms with Crippen molar-refractivity contribution in [3.05, 3.63) is 48.2 Å². The summed E-state index contributed by atoms with van der Waals surface area (Å²) < 4.78 is 5.95. The summed E-state index contributed by atoms with van der Waals surface area (Å²) >= 11 is 1.80. The first-order valence-corrected chi connectivity index (χ1v) is 8.09. The van der Waals surface area contributed by atoms with Gasteiger partial charge < -0.3 is 9.64 Å². The van der Waals surface area contributed by atoms with Crippen LogP contribution in [0.25, 0.3) is 0 Å². The van der Waals surface area contributed by atoms with Crippen LogP contribution in [0, 0.1) is 0 Å². The fourth-order valence-corrected chi connectivity index (χ4v) is 3.39. The van der Waals surface area contributed by atoms with E-state index in [-0.39, 0.29) is 5.60 Å². The van der Waals surface area contributed by atoms with Gasteiger partial charge in [-0.05, 0) is 25.5 Å². The Labute approximate surface area is 130 Å². The maximum absolute atomic E-state index is 5.95. The zero-order valence-electron chi connectivity index (χ0n) is 12.7. The normalized spacial score (nSPS) is 16.2. The molecule has 1 aliphatic heterocycles. The summed E-state index contributed by atoms with van der Waals surface area (Å²) in [5.74, 6) is 1.69. The number of anilines is 1. The Bertz CT molecular complexity index is 628. The minimum absolute atomic E-state index is 0.187. The topological polar surface area (TPSA) is 25.4 Å². The number of fused-ring (bicyclic) bond motifs is 1. The molecule has 0 amide bonds. The molecule has 0 bridgehead atoms. The fourth-order valence-electron chi connectivity index (χ4n) is 2.54. The summed E-state index contributed by atoms with van der Waals surface area (Å²) in [6.45, 7) is 5.05. The van der Waals surface area contributed by atoms with E-state index in [1.807, 2.05) is 12.3 Å². The SMILES string of the molecule is CN1CC(C)(C)Oc2ncc(SCc3ccccc3)cc21. The van der Waals surface area contributed by atoms with Gasteiger partial charge >= 0.3 is 0 Å². The first-order chi connectivity index (χ1) is 10.0. The molecule has 0 unspecified atom stereocenters. The highest BCUT2D eigenvalue weighted by molar-refractivity contribution is 7.98. The highest BCUT2D eigenvalue weighted by Crippen LogP contribution is 2.37. The molecule has 0 saturated heterocycles. The number of ether oxygens (including phenoxy) is 1. The molecule has 0 N–H and O–H groups in total. The number of aromatic nitrogens is 1. The number of hydrogen-bond acceptors (Lipinski definition) is 4. The molecule has 0 spiro atoms. The Kier molecular flexibility index (Phi) is 3.81. The van der Waals surface area contributed by atoms with Crippen molar-refractivity contribution >= 4 is 17.4 Å². The molecule has 110 valence electrons. The molecular weight excluding hydrogens is 280 g/mol. The summed E-state index contributed by atoms with van der Waals surface area (Å²) in [6, 6.07) is 12.7. The van der Waals surface area contributed by atoms with Crippen LogP contribution in [0.5, 0.6) is 5.88 Å². The molecule has 0 atom stereocenters. The maximum Gasteiger partial charge on any atom is 0.238 e. The van der Waals surface area contributed by atoms with Gasteiger partial charge in [-0.3, -0.25) is 0 Å². The minimum Gasteiger partial charge on any atom is -0.468 e. The van der Waals surface area contributed by atoms with Crippen molar-refractivity contribution < 1.29 is 4.74 Å². The zero-order chi connectivity index (χ0) is 14.9. The van der Waals surface area contributed by atoms with Gasteiger partial charge in [-0.1, -0.05) is 30.3 Å². The van der Waals surface area contributed by atoms with Crippen molar-refractivity contribution in [3.63, 3.8) is 0 Å². The van der Waals surface area contributed by atoms with E-state index in [4.69, 9.17) is 4.74 Å². The molecule has 1 aromatic heterocycles. The van der Waals surface area contributed by atoms with Gasteiger partial charge in [-0.25, -0.2) is 4.98 Å². The maximum atomic E-state index is 5.95. The molecule has 21 heavy (non-hydrogen) atoms. The Hall–Kier alpha value is -1.68. The summed E-state index contributed by atoms with van der Waals surface area (Å²) in [6.07, 6.45) is 1.90. The molecule has 2 heterocycles. The highest BCUT2D eigenvalue weighted by atomic mass is 32.2. The third-order valence-electron chi connectivity index (χ3n) is 3.46. The molecule has 3 nitrogen and oxygen atoms in total. The predicted molar refractivity (Wildman–Crippen MR) is 88.2 cm³/mol. The van der Waals surface area contributed by atoms with Crippen LogP contribution in [0.15, 0.2) is 47.5 Å². The van der Waals surface area contributed by atoms with Crippen molar-refractivity contribution in [2.75, 3.05) is 18.5 Å². The monoisotopic (exact) mass is 300 g/mol. The van der Waals surface area contributed by atoms with Crippen molar-refractivity contribution in [2.24, 2.45) is 0 Å². The molecule has 3 rings (SSSR count). The highest BCUT2D eigenvalue weighted by Gasteiger charge is 2.30. The van der Waals surface area contributed by atoms with Crippen LogP contribution < -0.4 is 9.64 Å². The number of hydrogen-bond donors (Lipinski definition) is 0.